The third-order valence-corrected chi connectivity index (χ3v) is 4.17. The Bertz CT molecular complexity index is 289. The fraction of sp³-hybridized carbons (Fsp3) is 0.750. The molecule has 1 aliphatic heterocycles. The van der Waals surface area contributed by atoms with Crippen molar-refractivity contribution in [3.8, 4) is 0 Å². The number of alkyl halides is 1. The van der Waals surface area contributed by atoms with Gasteiger partial charge in [0.15, 0.2) is 0 Å². The molecule has 0 aromatic heterocycles. The molecule has 0 aromatic rings. The highest BCUT2D eigenvalue weighted by Gasteiger charge is 2.16. The van der Waals surface area contributed by atoms with E-state index in [0.717, 1.165) is 19.0 Å². The molecule has 1 aliphatic rings. The van der Waals surface area contributed by atoms with Crippen LogP contribution >= 0.6 is 15.9 Å². The maximum atomic E-state index is 3.55. The lowest BCUT2D eigenvalue weighted by Crippen LogP contribution is -2.33. The largest absolute Gasteiger partial charge is 0.317 e. The Kier molecular flexibility index (Phi) is 8.67. The predicted molar refractivity (Wildman–Crippen MR) is 89.0 cm³/mol. The summed E-state index contributed by atoms with van der Waals surface area (Å²) in [5, 5.41) is 3.49. The first-order valence-corrected chi connectivity index (χ1v) is 8.43. The minimum atomic E-state index is 0.452. The van der Waals surface area contributed by atoms with Crippen molar-refractivity contribution in [2.45, 2.75) is 50.4 Å². The van der Waals surface area contributed by atoms with Gasteiger partial charge < -0.3 is 10.2 Å². The molecule has 1 fully saturated rings. The number of hydrogen-bond donors (Lipinski definition) is 1. The average Bonchev–Trinajstić information content (AvgIpc) is 2.67. The second-order valence-corrected chi connectivity index (χ2v) is 6.91. The smallest absolute Gasteiger partial charge is 0.0300 e. The fourth-order valence-electron chi connectivity index (χ4n) is 2.51. The van der Waals surface area contributed by atoms with Crippen LogP contribution in [0.3, 0.4) is 0 Å². The third kappa shape index (κ3) is 7.28. The van der Waals surface area contributed by atoms with Crippen LogP contribution in [0, 0.1) is 0 Å². The van der Waals surface area contributed by atoms with Gasteiger partial charge in [-0.25, -0.2) is 0 Å². The van der Waals surface area contributed by atoms with E-state index in [1.54, 1.807) is 0 Å². The number of rotatable bonds is 6. The van der Waals surface area contributed by atoms with E-state index in [0.29, 0.717) is 4.83 Å². The van der Waals surface area contributed by atoms with Crippen LogP contribution in [0.5, 0.6) is 0 Å². The Morgan fingerprint density at radius 1 is 1.42 bits per heavy atom. The van der Waals surface area contributed by atoms with Crippen LogP contribution in [0.1, 0.15) is 39.5 Å². The van der Waals surface area contributed by atoms with Crippen molar-refractivity contribution in [2.24, 2.45) is 0 Å². The lowest BCUT2D eigenvalue weighted by Gasteiger charge is -2.27. The highest BCUT2D eigenvalue weighted by atomic mass is 79.9. The maximum Gasteiger partial charge on any atom is 0.0300 e. The summed E-state index contributed by atoms with van der Waals surface area (Å²) in [5.74, 6) is 0. The Morgan fingerprint density at radius 3 is 2.89 bits per heavy atom. The van der Waals surface area contributed by atoms with E-state index in [1.807, 2.05) is 0 Å². The molecule has 0 aromatic carbocycles. The topological polar surface area (TPSA) is 15.3 Å². The van der Waals surface area contributed by atoms with Gasteiger partial charge in [-0.05, 0) is 59.7 Å². The minimum absolute atomic E-state index is 0.452. The van der Waals surface area contributed by atoms with Crippen molar-refractivity contribution in [1.29, 1.82) is 0 Å². The monoisotopic (exact) mass is 328 g/mol. The summed E-state index contributed by atoms with van der Waals surface area (Å²) in [6.07, 6.45) is 11.8. The van der Waals surface area contributed by atoms with Crippen molar-refractivity contribution in [3.63, 3.8) is 0 Å². The second kappa shape index (κ2) is 9.73. The zero-order valence-corrected chi connectivity index (χ0v) is 14.2. The lowest BCUT2D eigenvalue weighted by molar-refractivity contribution is 0.227. The van der Waals surface area contributed by atoms with Crippen LogP contribution in [0.2, 0.25) is 0 Å². The molecule has 1 rings (SSSR count). The third-order valence-electron chi connectivity index (χ3n) is 3.87. The number of allylic oxidation sites excluding steroid dienone is 3. The van der Waals surface area contributed by atoms with Gasteiger partial charge in [0.1, 0.15) is 0 Å². The van der Waals surface area contributed by atoms with Crippen molar-refractivity contribution >= 4 is 15.9 Å². The molecule has 0 bridgehead atoms. The van der Waals surface area contributed by atoms with Crippen LogP contribution < -0.4 is 5.32 Å². The van der Waals surface area contributed by atoms with E-state index >= 15 is 0 Å². The minimum Gasteiger partial charge on any atom is -0.317 e. The summed E-state index contributed by atoms with van der Waals surface area (Å²) in [5.41, 5.74) is 1.44. The van der Waals surface area contributed by atoms with Gasteiger partial charge in [-0.2, -0.15) is 0 Å². The first-order chi connectivity index (χ1) is 9.13. The Hall–Kier alpha value is -0.120. The van der Waals surface area contributed by atoms with E-state index in [9.17, 15) is 0 Å². The van der Waals surface area contributed by atoms with Crippen molar-refractivity contribution < 1.29 is 0 Å². The molecule has 3 heteroatoms. The molecule has 0 spiro atoms. The molecule has 1 saturated heterocycles. The Labute approximate surface area is 127 Å². The quantitative estimate of drug-likeness (QED) is 0.590. The molecular weight excluding hydrogens is 300 g/mol. The highest BCUT2D eigenvalue weighted by molar-refractivity contribution is 9.09. The van der Waals surface area contributed by atoms with Gasteiger partial charge in [-0.1, -0.05) is 39.7 Å². The van der Waals surface area contributed by atoms with Crippen molar-refractivity contribution in [1.82, 2.24) is 10.2 Å². The summed E-state index contributed by atoms with van der Waals surface area (Å²) in [6, 6.07) is 0.757. The first kappa shape index (κ1) is 16.9. The lowest BCUT2D eigenvalue weighted by atomic mass is 10.1. The summed E-state index contributed by atoms with van der Waals surface area (Å²) < 4.78 is 0. The highest BCUT2D eigenvalue weighted by Crippen LogP contribution is 2.14. The molecule has 0 radical (unpaired) electrons. The average molecular weight is 329 g/mol. The molecule has 110 valence electrons. The predicted octanol–water partition coefficient (Wildman–Crippen LogP) is 3.74. The van der Waals surface area contributed by atoms with Crippen LogP contribution in [-0.2, 0) is 0 Å². The van der Waals surface area contributed by atoms with Gasteiger partial charge in [0, 0.05) is 17.4 Å². The normalized spacial score (nSPS) is 23.8. The van der Waals surface area contributed by atoms with E-state index in [2.05, 4.69) is 65.3 Å². The zero-order valence-electron chi connectivity index (χ0n) is 12.7. The molecule has 1 heterocycles. The number of nitrogens with zero attached hydrogens (tertiary/aromatic N) is 1. The number of nitrogens with one attached hydrogen (secondary N) is 1. The molecule has 0 saturated carbocycles. The van der Waals surface area contributed by atoms with E-state index in [1.165, 1.54) is 37.9 Å². The maximum absolute atomic E-state index is 3.55. The van der Waals surface area contributed by atoms with Gasteiger partial charge in [0.2, 0.25) is 0 Å². The van der Waals surface area contributed by atoms with Gasteiger partial charge >= 0.3 is 0 Å². The fourth-order valence-corrected chi connectivity index (χ4v) is 2.66. The standard InChI is InChI=1S/C16H29BrN2/c1-4-15(8-7-14(2)17)10-13-19(3)16-6-5-11-18-12-9-16/h4,7-8,14,16,18H,5-6,9-13H2,1-3H3/b8-7-,15-4+. The molecule has 1 N–H and O–H groups in total. The molecule has 19 heavy (non-hydrogen) atoms. The summed E-state index contributed by atoms with van der Waals surface area (Å²) in [7, 11) is 2.28. The number of hydrogen-bond acceptors (Lipinski definition) is 2. The molecular formula is C16H29BrN2. The van der Waals surface area contributed by atoms with Gasteiger partial charge in [-0.15, -0.1) is 0 Å². The molecule has 0 aliphatic carbocycles. The summed E-state index contributed by atoms with van der Waals surface area (Å²) in [4.78, 5) is 3.00. The number of halogens is 1. The van der Waals surface area contributed by atoms with E-state index < -0.39 is 0 Å². The SMILES string of the molecule is C/C=C(\C=C/C(C)Br)CCN(C)C1CCCNCC1. The first-order valence-electron chi connectivity index (χ1n) is 7.52. The van der Waals surface area contributed by atoms with Gasteiger partial charge in [-0.3, -0.25) is 0 Å². The summed E-state index contributed by atoms with van der Waals surface area (Å²) >= 11 is 3.55. The molecule has 2 nitrogen and oxygen atoms in total. The molecule has 2 unspecified atom stereocenters. The molecule has 0 amide bonds. The Morgan fingerprint density at radius 2 is 2.21 bits per heavy atom. The van der Waals surface area contributed by atoms with Crippen LogP contribution in [0.15, 0.2) is 23.8 Å². The zero-order chi connectivity index (χ0) is 14.1. The summed E-state index contributed by atoms with van der Waals surface area (Å²) in [6.45, 7) is 7.80. The van der Waals surface area contributed by atoms with Gasteiger partial charge in [0.25, 0.3) is 0 Å². The van der Waals surface area contributed by atoms with Gasteiger partial charge in [0.05, 0.1) is 0 Å². The van der Waals surface area contributed by atoms with Crippen molar-refractivity contribution in [2.75, 3.05) is 26.7 Å². The molecule has 2 atom stereocenters. The Balaban J connectivity index is 2.36. The van der Waals surface area contributed by atoms with E-state index in [-0.39, 0.29) is 0 Å². The van der Waals surface area contributed by atoms with Crippen LogP contribution in [0.4, 0.5) is 0 Å². The second-order valence-electron chi connectivity index (χ2n) is 5.47. The van der Waals surface area contributed by atoms with E-state index in [4.69, 9.17) is 0 Å². The van der Waals surface area contributed by atoms with Crippen LogP contribution in [0.25, 0.3) is 0 Å². The van der Waals surface area contributed by atoms with Crippen LogP contribution in [-0.4, -0.2) is 42.5 Å². The van der Waals surface area contributed by atoms with Crippen molar-refractivity contribution in [3.05, 3.63) is 23.8 Å².